The summed E-state index contributed by atoms with van der Waals surface area (Å²) in [5.41, 5.74) is 2.05. The quantitative estimate of drug-likeness (QED) is 0.514. The highest BCUT2D eigenvalue weighted by Gasteiger charge is 2.41. The molecule has 1 fully saturated rings. The predicted octanol–water partition coefficient (Wildman–Crippen LogP) is 5.67. The molecule has 3 atom stereocenters. The first-order chi connectivity index (χ1) is 11.4. The van der Waals surface area contributed by atoms with Gasteiger partial charge in [-0.2, -0.15) is 0 Å². The van der Waals surface area contributed by atoms with Gasteiger partial charge in [-0.05, 0) is 43.1 Å². The van der Waals surface area contributed by atoms with Crippen molar-refractivity contribution in [3.63, 3.8) is 0 Å². The van der Waals surface area contributed by atoms with E-state index in [2.05, 4.69) is 51.1 Å². The molecule has 0 spiro atoms. The van der Waals surface area contributed by atoms with Crippen LogP contribution >= 0.6 is 0 Å². The summed E-state index contributed by atoms with van der Waals surface area (Å²) in [7, 11) is 0. The molecular weight excluding hydrogens is 296 g/mol. The van der Waals surface area contributed by atoms with Gasteiger partial charge < -0.3 is 4.74 Å². The first-order valence-corrected chi connectivity index (χ1v) is 9.29. The van der Waals surface area contributed by atoms with E-state index in [9.17, 15) is 4.79 Å². The average molecular weight is 328 g/mol. The standard InChI is InChI=1S/C22H32O2/c1-6-10-17(3)21(23)24-20-15-16(2)13-14-19(20)22(4,5)18-11-8-7-9-12-18/h7-12,16,19-20H,6,13-15H2,1-5H3. The highest BCUT2D eigenvalue weighted by atomic mass is 16.5. The Kier molecular flexibility index (Phi) is 6.26. The number of allylic oxidation sites excluding steroid dienone is 1. The molecule has 1 aromatic carbocycles. The number of esters is 1. The monoisotopic (exact) mass is 328 g/mol. The van der Waals surface area contributed by atoms with Crippen molar-refractivity contribution >= 4 is 5.97 Å². The van der Waals surface area contributed by atoms with Crippen LogP contribution in [0.4, 0.5) is 0 Å². The molecule has 0 bridgehead atoms. The maximum absolute atomic E-state index is 12.4. The van der Waals surface area contributed by atoms with Crippen molar-refractivity contribution in [1.29, 1.82) is 0 Å². The molecule has 1 aliphatic rings. The van der Waals surface area contributed by atoms with Gasteiger partial charge in [0.25, 0.3) is 0 Å². The minimum absolute atomic E-state index is 0.00309. The van der Waals surface area contributed by atoms with Crippen LogP contribution in [-0.2, 0) is 14.9 Å². The molecule has 1 aromatic rings. The highest BCUT2D eigenvalue weighted by Crippen LogP contribution is 2.43. The Labute approximate surface area is 147 Å². The molecule has 0 saturated heterocycles. The third kappa shape index (κ3) is 4.28. The Morgan fingerprint density at radius 3 is 2.54 bits per heavy atom. The van der Waals surface area contributed by atoms with E-state index in [1.54, 1.807) is 0 Å². The summed E-state index contributed by atoms with van der Waals surface area (Å²) >= 11 is 0. The van der Waals surface area contributed by atoms with E-state index < -0.39 is 0 Å². The molecule has 1 saturated carbocycles. The number of ether oxygens (including phenoxy) is 1. The molecule has 2 heteroatoms. The number of hydrogen-bond donors (Lipinski definition) is 0. The van der Waals surface area contributed by atoms with E-state index in [1.807, 2.05) is 19.9 Å². The summed E-state index contributed by atoms with van der Waals surface area (Å²) in [5, 5.41) is 0. The van der Waals surface area contributed by atoms with Gasteiger partial charge in [-0.1, -0.05) is 70.5 Å². The Balaban J connectivity index is 2.22. The molecule has 132 valence electrons. The molecule has 0 radical (unpaired) electrons. The van der Waals surface area contributed by atoms with E-state index in [-0.39, 0.29) is 17.5 Å². The molecule has 0 heterocycles. The lowest BCUT2D eigenvalue weighted by Crippen LogP contribution is -2.43. The number of hydrogen-bond acceptors (Lipinski definition) is 2. The van der Waals surface area contributed by atoms with Crippen LogP contribution in [-0.4, -0.2) is 12.1 Å². The van der Waals surface area contributed by atoms with Crippen molar-refractivity contribution in [2.45, 2.75) is 71.8 Å². The Bertz CT molecular complexity index is 571. The van der Waals surface area contributed by atoms with E-state index >= 15 is 0 Å². The van der Waals surface area contributed by atoms with E-state index in [1.165, 1.54) is 12.0 Å². The maximum Gasteiger partial charge on any atom is 0.333 e. The van der Waals surface area contributed by atoms with Crippen molar-refractivity contribution < 1.29 is 9.53 Å². The van der Waals surface area contributed by atoms with Crippen LogP contribution in [0.1, 0.15) is 65.9 Å². The Morgan fingerprint density at radius 2 is 1.92 bits per heavy atom. The summed E-state index contributed by atoms with van der Waals surface area (Å²) in [6.45, 7) is 10.7. The molecular formula is C22H32O2. The lowest BCUT2D eigenvalue weighted by molar-refractivity contribution is -0.151. The maximum atomic E-state index is 12.4. The van der Waals surface area contributed by atoms with Crippen LogP contribution in [0.5, 0.6) is 0 Å². The SMILES string of the molecule is CCC=C(C)C(=O)OC1CC(C)CCC1C(C)(C)c1ccccc1. The zero-order chi connectivity index (χ0) is 17.7. The minimum atomic E-state index is -0.148. The molecule has 1 aliphatic carbocycles. The predicted molar refractivity (Wildman–Crippen MR) is 99.9 cm³/mol. The van der Waals surface area contributed by atoms with Gasteiger partial charge in [-0.15, -0.1) is 0 Å². The third-order valence-electron chi connectivity index (χ3n) is 5.59. The lowest BCUT2D eigenvalue weighted by Gasteiger charge is -2.44. The van der Waals surface area contributed by atoms with Gasteiger partial charge in [-0.3, -0.25) is 0 Å². The van der Waals surface area contributed by atoms with Crippen molar-refractivity contribution in [3.05, 3.63) is 47.5 Å². The second-order valence-electron chi connectivity index (χ2n) is 7.85. The molecule has 3 unspecified atom stereocenters. The zero-order valence-electron chi connectivity index (χ0n) is 15.8. The number of carbonyl (C=O) groups is 1. The first kappa shape index (κ1) is 18.8. The van der Waals surface area contributed by atoms with Gasteiger partial charge in [0.2, 0.25) is 0 Å². The van der Waals surface area contributed by atoms with Crippen LogP contribution in [0.3, 0.4) is 0 Å². The Morgan fingerprint density at radius 1 is 1.25 bits per heavy atom. The van der Waals surface area contributed by atoms with Gasteiger partial charge >= 0.3 is 5.97 Å². The summed E-state index contributed by atoms with van der Waals surface area (Å²) in [4.78, 5) is 12.4. The normalized spacial score (nSPS) is 25.4. The third-order valence-corrected chi connectivity index (χ3v) is 5.59. The van der Waals surface area contributed by atoms with Crippen molar-refractivity contribution in [2.24, 2.45) is 11.8 Å². The fourth-order valence-corrected chi connectivity index (χ4v) is 3.99. The fourth-order valence-electron chi connectivity index (χ4n) is 3.99. The molecule has 0 N–H and O–H groups in total. The summed E-state index contributed by atoms with van der Waals surface area (Å²) in [6, 6.07) is 10.6. The Hall–Kier alpha value is -1.57. The fraction of sp³-hybridized carbons (Fsp3) is 0.591. The van der Waals surface area contributed by atoms with E-state index in [0.29, 0.717) is 11.8 Å². The van der Waals surface area contributed by atoms with E-state index in [4.69, 9.17) is 4.74 Å². The van der Waals surface area contributed by atoms with Gasteiger partial charge in [-0.25, -0.2) is 4.79 Å². The second-order valence-corrected chi connectivity index (χ2v) is 7.85. The van der Waals surface area contributed by atoms with Crippen molar-refractivity contribution in [2.75, 3.05) is 0 Å². The second kappa shape index (κ2) is 8.00. The molecule has 2 rings (SSSR count). The summed E-state index contributed by atoms with van der Waals surface area (Å²) in [6.07, 6.45) is 6.09. The average Bonchev–Trinajstić information content (AvgIpc) is 2.55. The van der Waals surface area contributed by atoms with E-state index in [0.717, 1.165) is 24.8 Å². The topological polar surface area (TPSA) is 26.3 Å². The molecule has 0 aliphatic heterocycles. The van der Waals surface area contributed by atoms with Crippen LogP contribution in [0, 0.1) is 11.8 Å². The van der Waals surface area contributed by atoms with Gasteiger partial charge in [0.05, 0.1) is 0 Å². The van der Waals surface area contributed by atoms with Crippen LogP contribution in [0.2, 0.25) is 0 Å². The molecule has 0 aromatic heterocycles. The van der Waals surface area contributed by atoms with Gasteiger partial charge in [0.1, 0.15) is 6.10 Å². The minimum Gasteiger partial charge on any atom is -0.459 e. The highest BCUT2D eigenvalue weighted by molar-refractivity contribution is 5.87. The van der Waals surface area contributed by atoms with Gasteiger partial charge in [0.15, 0.2) is 0 Å². The zero-order valence-corrected chi connectivity index (χ0v) is 15.8. The summed E-state index contributed by atoms with van der Waals surface area (Å²) < 4.78 is 5.99. The van der Waals surface area contributed by atoms with Crippen molar-refractivity contribution in [1.82, 2.24) is 0 Å². The number of rotatable bonds is 5. The molecule has 24 heavy (non-hydrogen) atoms. The lowest BCUT2D eigenvalue weighted by atomic mass is 9.64. The van der Waals surface area contributed by atoms with Crippen LogP contribution in [0.15, 0.2) is 42.0 Å². The molecule has 0 amide bonds. The van der Waals surface area contributed by atoms with Gasteiger partial charge in [0, 0.05) is 11.5 Å². The smallest absolute Gasteiger partial charge is 0.333 e. The van der Waals surface area contributed by atoms with Crippen LogP contribution in [0.25, 0.3) is 0 Å². The molecule has 2 nitrogen and oxygen atoms in total. The number of benzene rings is 1. The van der Waals surface area contributed by atoms with Crippen LogP contribution < -0.4 is 0 Å². The first-order valence-electron chi connectivity index (χ1n) is 9.29. The largest absolute Gasteiger partial charge is 0.459 e. The number of carbonyl (C=O) groups excluding carboxylic acids is 1. The summed E-state index contributed by atoms with van der Waals surface area (Å²) in [5.74, 6) is 0.820. The van der Waals surface area contributed by atoms with Crippen molar-refractivity contribution in [3.8, 4) is 0 Å².